The number of unbranched alkanes of at least 4 members (excludes halogenated alkanes) is 11. The number of carbonyl (C=O) groups excluding carboxylic acids is 2. The Labute approximate surface area is 356 Å². The van der Waals surface area contributed by atoms with E-state index in [0.29, 0.717) is 12.8 Å². The van der Waals surface area contributed by atoms with Gasteiger partial charge in [-0.3, -0.25) is 9.59 Å². The van der Waals surface area contributed by atoms with Gasteiger partial charge in [0.25, 0.3) is 0 Å². The quantitative estimate of drug-likeness (QED) is 0.0273. The second-order valence-corrected chi connectivity index (χ2v) is 15.1. The van der Waals surface area contributed by atoms with Crippen LogP contribution < -0.4 is 0 Å². The highest BCUT2D eigenvalue weighted by atomic mass is 16.7. The fourth-order valence-electron chi connectivity index (χ4n) is 6.13. The average Bonchev–Trinajstić information content (AvgIpc) is 3.23. The van der Waals surface area contributed by atoms with E-state index in [9.17, 15) is 30.0 Å². The molecule has 1 fully saturated rings. The summed E-state index contributed by atoms with van der Waals surface area (Å²) in [5, 5.41) is 40.1. The van der Waals surface area contributed by atoms with Crippen LogP contribution >= 0.6 is 0 Å². The second-order valence-electron chi connectivity index (χ2n) is 15.1. The highest BCUT2D eigenvalue weighted by molar-refractivity contribution is 5.70. The van der Waals surface area contributed by atoms with E-state index in [2.05, 4.69) is 98.9 Å². The first-order valence-corrected chi connectivity index (χ1v) is 22.7. The summed E-state index contributed by atoms with van der Waals surface area (Å²) in [6, 6.07) is 0. The molecule has 10 nitrogen and oxygen atoms in total. The van der Waals surface area contributed by atoms with Gasteiger partial charge in [-0.15, -0.1) is 0 Å². The summed E-state index contributed by atoms with van der Waals surface area (Å²) in [7, 11) is 0. The molecule has 336 valence electrons. The van der Waals surface area contributed by atoms with Crippen molar-refractivity contribution < 1.29 is 49.0 Å². The van der Waals surface area contributed by atoms with E-state index in [1.165, 1.54) is 32.1 Å². The third-order valence-corrected chi connectivity index (χ3v) is 9.73. The molecule has 0 aliphatic carbocycles. The van der Waals surface area contributed by atoms with Crippen LogP contribution in [0.3, 0.4) is 0 Å². The maximum absolute atomic E-state index is 12.8. The van der Waals surface area contributed by atoms with E-state index in [0.717, 1.165) is 83.5 Å². The Hall–Kier alpha value is -3.12. The van der Waals surface area contributed by atoms with Crippen LogP contribution in [0, 0.1) is 0 Å². The van der Waals surface area contributed by atoms with Crippen molar-refractivity contribution in [3.05, 3.63) is 85.1 Å². The lowest BCUT2D eigenvalue weighted by Crippen LogP contribution is -2.59. The molecule has 2 unspecified atom stereocenters. The molecule has 1 aliphatic rings. The van der Waals surface area contributed by atoms with Gasteiger partial charge in [0.05, 0.1) is 13.2 Å². The van der Waals surface area contributed by atoms with Crippen molar-refractivity contribution in [1.29, 1.82) is 0 Å². The molecule has 4 N–H and O–H groups in total. The molecule has 0 amide bonds. The monoisotopic (exact) mass is 829 g/mol. The van der Waals surface area contributed by atoms with Gasteiger partial charge in [-0.1, -0.05) is 137 Å². The van der Waals surface area contributed by atoms with Crippen LogP contribution in [-0.4, -0.2) is 89.0 Å². The van der Waals surface area contributed by atoms with Gasteiger partial charge in [-0.25, -0.2) is 0 Å². The van der Waals surface area contributed by atoms with Gasteiger partial charge in [0.2, 0.25) is 0 Å². The first-order chi connectivity index (χ1) is 28.8. The van der Waals surface area contributed by atoms with Crippen LogP contribution in [-0.2, 0) is 28.5 Å². The van der Waals surface area contributed by atoms with Crippen LogP contribution in [0.25, 0.3) is 0 Å². The first kappa shape index (κ1) is 53.9. The van der Waals surface area contributed by atoms with E-state index in [1.807, 2.05) is 0 Å². The number of carbonyl (C=O) groups is 2. The summed E-state index contributed by atoms with van der Waals surface area (Å²) in [5.41, 5.74) is 0. The summed E-state index contributed by atoms with van der Waals surface area (Å²) >= 11 is 0. The number of hydrogen-bond donors (Lipinski definition) is 4. The Morgan fingerprint density at radius 3 is 1.49 bits per heavy atom. The largest absolute Gasteiger partial charge is 0.462 e. The van der Waals surface area contributed by atoms with Crippen LogP contribution in [0.4, 0.5) is 0 Å². The lowest BCUT2D eigenvalue weighted by atomic mass is 9.99. The van der Waals surface area contributed by atoms with Gasteiger partial charge < -0.3 is 39.4 Å². The van der Waals surface area contributed by atoms with E-state index in [-0.39, 0.29) is 26.1 Å². The molecule has 0 bridgehead atoms. The maximum Gasteiger partial charge on any atom is 0.306 e. The minimum Gasteiger partial charge on any atom is -0.462 e. The first-order valence-electron chi connectivity index (χ1n) is 22.7. The molecule has 6 atom stereocenters. The summed E-state index contributed by atoms with van der Waals surface area (Å²) < 4.78 is 22.1. The third-order valence-electron chi connectivity index (χ3n) is 9.73. The molecule has 0 aromatic heterocycles. The zero-order valence-corrected chi connectivity index (χ0v) is 36.5. The lowest BCUT2D eigenvalue weighted by Gasteiger charge is -2.39. The smallest absolute Gasteiger partial charge is 0.306 e. The predicted octanol–water partition coefficient (Wildman–Crippen LogP) is 9.77. The van der Waals surface area contributed by atoms with Crippen molar-refractivity contribution in [2.45, 2.75) is 192 Å². The Bertz CT molecular complexity index is 1230. The molecule has 0 radical (unpaired) electrons. The lowest BCUT2D eigenvalue weighted by molar-refractivity contribution is -0.305. The maximum atomic E-state index is 12.8. The molecule has 1 aliphatic heterocycles. The molecule has 1 rings (SSSR count). The number of allylic oxidation sites excluding steroid dienone is 14. The van der Waals surface area contributed by atoms with Gasteiger partial charge in [0, 0.05) is 12.8 Å². The van der Waals surface area contributed by atoms with Crippen LogP contribution in [0.5, 0.6) is 0 Å². The number of hydrogen-bond acceptors (Lipinski definition) is 10. The summed E-state index contributed by atoms with van der Waals surface area (Å²) in [6.45, 7) is 3.25. The fourth-order valence-corrected chi connectivity index (χ4v) is 6.13. The molecule has 0 aromatic carbocycles. The van der Waals surface area contributed by atoms with Gasteiger partial charge in [0.15, 0.2) is 12.4 Å². The topological polar surface area (TPSA) is 152 Å². The number of esters is 2. The van der Waals surface area contributed by atoms with Crippen LogP contribution in [0.2, 0.25) is 0 Å². The highest BCUT2D eigenvalue weighted by Crippen LogP contribution is 2.22. The number of aliphatic hydroxyl groups is 4. The van der Waals surface area contributed by atoms with E-state index < -0.39 is 55.4 Å². The Kier molecular flexibility index (Phi) is 35.7. The highest BCUT2D eigenvalue weighted by Gasteiger charge is 2.44. The van der Waals surface area contributed by atoms with Crippen molar-refractivity contribution >= 4 is 11.9 Å². The standard InChI is InChI=1S/C49H80O10/c1-3-5-7-9-11-13-15-17-19-21-23-25-27-29-31-33-35-37-44(51)56-40-42(41-57-49-48(55)47(54)46(53)43(39-50)59-49)58-45(52)38-36-34-32-30-28-26-24-22-20-18-16-14-12-10-8-6-4-2/h8,10-11,13-14,16-17,19-20,22-23,25-26,28,42-43,46-50,53-55H,3-7,9,12,15,18,21,24,27,29-41H2,1-2H3/b10-8+,13-11+,16-14+,19-17+,22-20+,25-23+,28-26+/t42-,43-,46+,47?,48?,49-/m0/s1. The molecule has 10 heteroatoms. The summed E-state index contributed by atoms with van der Waals surface area (Å²) in [6.07, 6.45) is 42.9. The Morgan fingerprint density at radius 1 is 0.525 bits per heavy atom. The molecule has 0 spiro atoms. The average molecular weight is 829 g/mol. The number of ether oxygens (including phenoxy) is 4. The van der Waals surface area contributed by atoms with Crippen molar-refractivity contribution in [1.82, 2.24) is 0 Å². The number of rotatable bonds is 36. The number of aliphatic hydroxyl groups excluding tert-OH is 4. The van der Waals surface area contributed by atoms with Crippen LogP contribution in [0.1, 0.15) is 155 Å². The van der Waals surface area contributed by atoms with E-state index in [4.69, 9.17) is 18.9 Å². The molecular formula is C49H80O10. The minimum atomic E-state index is -1.61. The fraction of sp³-hybridized carbons (Fsp3) is 0.673. The second kappa shape index (κ2) is 39.0. The Morgan fingerprint density at radius 2 is 0.983 bits per heavy atom. The van der Waals surface area contributed by atoms with Crippen molar-refractivity contribution in [3.63, 3.8) is 0 Å². The summed E-state index contributed by atoms with van der Waals surface area (Å²) in [4.78, 5) is 25.3. The Balaban J connectivity index is 2.39. The van der Waals surface area contributed by atoms with Gasteiger partial charge >= 0.3 is 11.9 Å². The van der Waals surface area contributed by atoms with Crippen molar-refractivity contribution in [3.8, 4) is 0 Å². The normalized spacial score (nSPS) is 20.8. The molecule has 0 saturated carbocycles. The minimum absolute atomic E-state index is 0.182. The molecular weight excluding hydrogens is 749 g/mol. The molecule has 0 aromatic rings. The zero-order valence-electron chi connectivity index (χ0n) is 36.5. The molecule has 59 heavy (non-hydrogen) atoms. The summed E-state index contributed by atoms with van der Waals surface area (Å²) in [5.74, 6) is -0.877. The molecule has 1 saturated heterocycles. The van der Waals surface area contributed by atoms with Crippen molar-refractivity contribution in [2.75, 3.05) is 19.8 Å². The van der Waals surface area contributed by atoms with E-state index in [1.54, 1.807) is 0 Å². The van der Waals surface area contributed by atoms with Gasteiger partial charge in [0.1, 0.15) is 31.0 Å². The van der Waals surface area contributed by atoms with Crippen LogP contribution in [0.15, 0.2) is 85.1 Å². The van der Waals surface area contributed by atoms with Gasteiger partial charge in [-0.05, 0) is 89.9 Å². The predicted molar refractivity (Wildman–Crippen MR) is 237 cm³/mol. The van der Waals surface area contributed by atoms with E-state index >= 15 is 0 Å². The van der Waals surface area contributed by atoms with Gasteiger partial charge in [-0.2, -0.15) is 0 Å². The third kappa shape index (κ3) is 30.5. The molecule has 1 heterocycles. The van der Waals surface area contributed by atoms with Crippen molar-refractivity contribution in [2.24, 2.45) is 0 Å². The zero-order chi connectivity index (χ0) is 43.0. The SMILES string of the molecule is CCC/C=C/C/C=C/C/C=C/C/C=C/CCCCCC(=O)O[C@@H](COC(=O)CCCCCC/C=C/C/C=C/C/C=C/CCCCC)CO[C@H]1O[C@@H](CO)[C@@H](O)C(O)C1O.